The molecule has 5 nitrogen and oxygen atoms in total. The normalized spacial score (nSPS) is 11.9. The molecule has 0 unspecified atom stereocenters. The van der Waals surface area contributed by atoms with Gasteiger partial charge in [-0.3, -0.25) is 0 Å². The smallest absolute Gasteiger partial charge is 0.309 e. The number of hydrogen-bond donors (Lipinski definition) is 0. The zero-order chi connectivity index (χ0) is 16.8. The fourth-order valence-electron chi connectivity index (χ4n) is 0.924. The third-order valence-corrected chi connectivity index (χ3v) is 8.21. The highest BCUT2D eigenvalue weighted by Crippen LogP contribution is 2.66. The maximum Gasteiger partial charge on any atom is 0.334 e. The zero-order valence-electron chi connectivity index (χ0n) is 14.0. The van der Waals surface area contributed by atoms with Crippen molar-refractivity contribution in [3.05, 3.63) is 0 Å². The average molecular weight is 380 g/mol. The number of rotatable bonds is 11. The van der Waals surface area contributed by atoms with Crippen molar-refractivity contribution in [2.45, 2.75) is 54.4 Å². The van der Waals surface area contributed by atoms with Crippen molar-refractivity contribution in [1.29, 1.82) is 0 Å². The van der Waals surface area contributed by atoms with Crippen LogP contribution in [0.5, 0.6) is 0 Å². The van der Waals surface area contributed by atoms with Crippen molar-refractivity contribution in [3.8, 4) is 0 Å². The van der Waals surface area contributed by atoms with Gasteiger partial charge in [-0.05, 0) is 51.3 Å². The van der Waals surface area contributed by atoms with Crippen LogP contribution in [0.15, 0.2) is 0 Å². The minimum Gasteiger partial charge on any atom is -0.309 e. The first kappa shape index (κ1) is 24.4. The molecular weight excluding hydrogens is 350 g/mol. The summed E-state index contributed by atoms with van der Waals surface area (Å²) in [5, 5.41) is 0. The Bertz CT molecular complexity index is 279. The van der Waals surface area contributed by atoms with Gasteiger partial charge in [0.2, 0.25) is 0 Å². The highest BCUT2D eigenvalue weighted by molar-refractivity contribution is 8.14. The first-order valence-corrected chi connectivity index (χ1v) is 12.5. The van der Waals surface area contributed by atoms with E-state index < -0.39 is 13.4 Å². The van der Waals surface area contributed by atoms with E-state index in [1.54, 1.807) is 0 Å². The maximum absolute atomic E-state index is 5.55. The molecule has 130 valence electrons. The molecule has 0 aliphatic carbocycles. The molecule has 0 aliphatic rings. The predicted octanol–water partition coefficient (Wildman–Crippen LogP) is 5.40. The van der Waals surface area contributed by atoms with Gasteiger partial charge in [0, 0.05) is 0 Å². The Hall–Kier alpha value is 1.10. The monoisotopic (exact) mass is 380 g/mol. The standard InChI is InChI=1S/C8H20O5P2S2.C4H10/c1-5-9-14(16,10-6-2)13-15(17,11-7-3)12-8-4;1-3-4-2/h5-8H2,1-4H3;3-4H2,1-2H3. The van der Waals surface area contributed by atoms with E-state index in [1.165, 1.54) is 12.8 Å². The largest absolute Gasteiger partial charge is 0.334 e. The Kier molecular flexibility index (Phi) is 17.0. The van der Waals surface area contributed by atoms with Gasteiger partial charge < -0.3 is 18.1 Å². The first-order chi connectivity index (χ1) is 9.86. The average Bonchev–Trinajstić information content (AvgIpc) is 2.39. The van der Waals surface area contributed by atoms with Gasteiger partial charge in [-0.15, -0.1) is 0 Å². The van der Waals surface area contributed by atoms with Gasteiger partial charge in [0.1, 0.15) is 0 Å². The molecule has 0 fully saturated rings. The second kappa shape index (κ2) is 14.7. The molecule has 0 spiro atoms. The van der Waals surface area contributed by atoms with Crippen LogP contribution in [0.1, 0.15) is 54.4 Å². The van der Waals surface area contributed by atoms with E-state index in [1.807, 2.05) is 27.7 Å². The van der Waals surface area contributed by atoms with E-state index in [0.29, 0.717) is 26.4 Å². The van der Waals surface area contributed by atoms with Crippen molar-refractivity contribution >= 4 is 37.1 Å². The molecule has 21 heavy (non-hydrogen) atoms. The summed E-state index contributed by atoms with van der Waals surface area (Å²) >= 11 is 10.4. The van der Waals surface area contributed by atoms with Crippen LogP contribution in [0.4, 0.5) is 0 Å². The van der Waals surface area contributed by atoms with Crippen molar-refractivity contribution in [2.24, 2.45) is 0 Å². The van der Waals surface area contributed by atoms with Crippen LogP contribution < -0.4 is 0 Å². The van der Waals surface area contributed by atoms with Gasteiger partial charge in [0.05, 0.1) is 26.4 Å². The van der Waals surface area contributed by atoms with E-state index in [9.17, 15) is 0 Å². The van der Waals surface area contributed by atoms with Crippen LogP contribution in [0.3, 0.4) is 0 Å². The molecule has 0 aromatic rings. The van der Waals surface area contributed by atoms with Crippen LogP contribution in [-0.4, -0.2) is 26.4 Å². The van der Waals surface area contributed by atoms with Crippen molar-refractivity contribution in [1.82, 2.24) is 0 Å². The lowest BCUT2D eigenvalue weighted by Gasteiger charge is -2.27. The Morgan fingerprint density at radius 1 is 0.571 bits per heavy atom. The summed E-state index contributed by atoms with van der Waals surface area (Å²) in [6, 6.07) is 0. The molecule has 0 bridgehead atoms. The molecule has 0 saturated heterocycles. The van der Waals surface area contributed by atoms with Gasteiger partial charge in [-0.25, -0.2) is 4.31 Å². The summed E-state index contributed by atoms with van der Waals surface area (Å²) in [6.07, 6.45) is 2.64. The van der Waals surface area contributed by atoms with Gasteiger partial charge in [0.15, 0.2) is 0 Å². The van der Waals surface area contributed by atoms with Gasteiger partial charge in [-0.2, -0.15) is 0 Å². The minimum absolute atomic E-state index is 0.394. The van der Waals surface area contributed by atoms with E-state index in [2.05, 4.69) is 13.8 Å². The highest BCUT2D eigenvalue weighted by atomic mass is 32.5. The Labute approximate surface area is 140 Å². The molecule has 0 saturated carbocycles. The van der Waals surface area contributed by atoms with Crippen LogP contribution in [-0.2, 0) is 46.0 Å². The molecule has 0 N–H and O–H groups in total. The molecular formula is C12H30O5P2S2. The summed E-state index contributed by atoms with van der Waals surface area (Å²) < 4.78 is 26.9. The fourth-order valence-corrected chi connectivity index (χ4v) is 7.30. The molecule has 0 amide bonds. The van der Waals surface area contributed by atoms with Gasteiger partial charge in [-0.1, -0.05) is 26.7 Å². The molecule has 0 aromatic carbocycles. The van der Waals surface area contributed by atoms with Crippen LogP contribution in [0, 0.1) is 0 Å². The second-order valence-corrected chi connectivity index (χ2v) is 9.81. The third-order valence-electron chi connectivity index (χ3n) is 1.85. The van der Waals surface area contributed by atoms with Crippen LogP contribution in [0.25, 0.3) is 0 Å². The summed E-state index contributed by atoms with van der Waals surface area (Å²) in [5.41, 5.74) is 0. The Balaban J connectivity index is 0. The van der Waals surface area contributed by atoms with Crippen molar-refractivity contribution < 1.29 is 22.4 Å². The molecule has 9 heteroatoms. The quantitative estimate of drug-likeness (QED) is 0.444. The lowest BCUT2D eigenvalue weighted by atomic mass is 10.4. The van der Waals surface area contributed by atoms with Gasteiger partial charge >= 0.3 is 13.4 Å². The highest BCUT2D eigenvalue weighted by Gasteiger charge is 2.31. The molecule has 0 atom stereocenters. The number of hydrogen-bond acceptors (Lipinski definition) is 7. The van der Waals surface area contributed by atoms with E-state index in [4.69, 9.17) is 46.0 Å². The first-order valence-electron chi connectivity index (χ1n) is 7.36. The Morgan fingerprint density at radius 2 is 0.810 bits per heavy atom. The van der Waals surface area contributed by atoms with Crippen molar-refractivity contribution in [3.63, 3.8) is 0 Å². The lowest BCUT2D eigenvalue weighted by molar-refractivity contribution is 0.176. The zero-order valence-corrected chi connectivity index (χ0v) is 17.4. The molecule has 0 heterocycles. The second-order valence-electron chi connectivity index (χ2n) is 3.65. The SMILES string of the molecule is CCCC.CCOP(=S)(OCC)OP(=S)(OCC)OCC. The van der Waals surface area contributed by atoms with Crippen LogP contribution >= 0.6 is 13.4 Å². The van der Waals surface area contributed by atoms with E-state index in [-0.39, 0.29) is 0 Å². The predicted molar refractivity (Wildman–Crippen MR) is 96.7 cm³/mol. The molecule has 0 aliphatic heterocycles. The molecule has 0 aromatic heterocycles. The maximum atomic E-state index is 5.55. The number of unbranched alkanes of at least 4 members (excludes halogenated alkanes) is 1. The summed E-state index contributed by atoms with van der Waals surface area (Å²) in [5.74, 6) is 0. The lowest BCUT2D eigenvalue weighted by Crippen LogP contribution is -2.03. The topological polar surface area (TPSA) is 46.2 Å². The third kappa shape index (κ3) is 13.3. The summed E-state index contributed by atoms with van der Waals surface area (Å²) in [7, 11) is 0. The minimum atomic E-state index is -2.87. The van der Waals surface area contributed by atoms with Crippen molar-refractivity contribution in [2.75, 3.05) is 26.4 Å². The van der Waals surface area contributed by atoms with Crippen LogP contribution in [0.2, 0.25) is 0 Å². The fraction of sp³-hybridized carbons (Fsp3) is 1.00. The summed E-state index contributed by atoms with van der Waals surface area (Å²) in [4.78, 5) is 0. The van der Waals surface area contributed by atoms with Gasteiger partial charge in [0.25, 0.3) is 0 Å². The van der Waals surface area contributed by atoms with E-state index >= 15 is 0 Å². The summed E-state index contributed by atoms with van der Waals surface area (Å²) in [6.45, 7) is 7.45. The molecule has 0 rings (SSSR count). The Morgan fingerprint density at radius 3 is 0.952 bits per heavy atom. The van der Waals surface area contributed by atoms with E-state index in [0.717, 1.165) is 0 Å². The molecule has 0 radical (unpaired) electrons.